The number of carbonyl (C=O) groups is 2. The van der Waals surface area contributed by atoms with E-state index in [0.717, 1.165) is 11.3 Å². The maximum Gasteiger partial charge on any atom is 0.490 e. The second kappa shape index (κ2) is 11.2. The Kier molecular flexibility index (Phi) is 9.31. The van der Waals surface area contributed by atoms with Crippen molar-refractivity contribution in [2.45, 2.75) is 25.9 Å². The van der Waals surface area contributed by atoms with Crippen LogP contribution in [0.4, 0.5) is 13.2 Å². The molecule has 1 aromatic carbocycles. The summed E-state index contributed by atoms with van der Waals surface area (Å²) in [6.07, 6.45) is -0.808. The minimum Gasteiger partial charge on any atom is -0.494 e. The summed E-state index contributed by atoms with van der Waals surface area (Å²) in [5.74, 6) is -2.02. The molecule has 0 spiro atoms. The summed E-state index contributed by atoms with van der Waals surface area (Å²) >= 11 is 5.64. The number of nitrogens with zero attached hydrogens (tertiary/aromatic N) is 3. The first-order valence-electron chi connectivity index (χ1n) is 8.36. The molecule has 30 heavy (non-hydrogen) atoms. The van der Waals surface area contributed by atoms with Crippen molar-refractivity contribution in [1.82, 2.24) is 14.8 Å². The quantitative estimate of drug-likeness (QED) is 0.489. The van der Waals surface area contributed by atoms with E-state index in [1.165, 1.54) is 0 Å². The zero-order valence-electron chi connectivity index (χ0n) is 16.0. The number of aryl methyl sites for hydroxylation is 1. The Labute approximate surface area is 174 Å². The van der Waals surface area contributed by atoms with Gasteiger partial charge in [-0.1, -0.05) is 6.07 Å². The van der Waals surface area contributed by atoms with Gasteiger partial charge in [-0.3, -0.25) is 0 Å². The molecule has 0 bridgehead atoms. The van der Waals surface area contributed by atoms with E-state index in [9.17, 15) is 23.1 Å². The van der Waals surface area contributed by atoms with Crippen molar-refractivity contribution in [3.8, 4) is 11.4 Å². The van der Waals surface area contributed by atoms with E-state index in [4.69, 9.17) is 26.2 Å². The van der Waals surface area contributed by atoms with Crippen molar-refractivity contribution in [2.75, 3.05) is 13.0 Å². The third-order valence-corrected chi connectivity index (χ3v) is 3.76. The maximum absolute atomic E-state index is 11.3. The van der Waals surface area contributed by atoms with Crippen molar-refractivity contribution in [1.29, 1.82) is 0 Å². The van der Waals surface area contributed by atoms with Crippen molar-refractivity contribution in [2.24, 2.45) is 0 Å². The predicted octanol–water partition coefficient (Wildman–Crippen LogP) is 3.70. The van der Waals surface area contributed by atoms with Gasteiger partial charge in [0.15, 0.2) is 0 Å². The van der Waals surface area contributed by atoms with Crippen LogP contribution in [0.2, 0.25) is 0 Å². The minimum atomic E-state index is -5.08. The number of benzene rings is 1. The highest BCUT2D eigenvalue weighted by molar-refractivity contribution is 6.17. The second-order valence-corrected chi connectivity index (χ2v) is 6.12. The van der Waals surface area contributed by atoms with Crippen LogP contribution in [0.3, 0.4) is 0 Å². The van der Waals surface area contributed by atoms with Gasteiger partial charge in [0.05, 0.1) is 7.11 Å². The molecule has 0 saturated heterocycles. The van der Waals surface area contributed by atoms with Crippen LogP contribution in [-0.2, 0) is 9.59 Å². The van der Waals surface area contributed by atoms with Crippen molar-refractivity contribution in [3.05, 3.63) is 41.5 Å². The van der Waals surface area contributed by atoms with Crippen LogP contribution < -0.4 is 4.74 Å². The van der Waals surface area contributed by atoms with Gasteiger partial charge >= 0.3 is 18.1 Å². The van der Waals surface area contributed by atoms with Gasteiger partial charge in [0, 0.05) is 11.5 Å². The number of hydrogen-bond donors (Lipinski definition) is 2. The van der Waals surface area contributed by atoms with Gasteiger partial charge in [-0.15, -0.1) is 11.6 Å². The van der Waals surface area contributed by atoms with Crippen LogP contribution in [0.5, 0.6) is 5.75 Å². The molecule has 0 aliphatic heterocycles. The molecule has 8 nitrogen and oxygen atoms in total. The molecular weight excluding hydrogens is 431 g/mol. The molecule has 1 heterocycles. The highest BCUT2D eigenvalue weighted by Crippen LogP contribution is 2.25. The molecule has 2 aromatic rings. The van der Waals surface area contributed by atoms with Gasteiger partial charge in [0.25, 0.3) is 0 Å². The zero-order chi connectivity index (χ0) is 22.9. The molecule has 0 aliphatic carbocycles. The number of hydrogen-bond acceptors (Lipinski definition) is 5. The average molecular weight is 450 g/mol. The molecule has 1 aromatic heterocycles. The van der Waals surface area contributed by atoms with Crippen LogP contribution in [0.15, 0.2) is 30.1 Å². The number of rotatable bonds is 7. The molecule has 0 atom stereocenters. The highest BCUT2D eigenvalue weighted by Gasteiger charge is 2.38. The first-order valence-corrected chi connectivity index (χ1v) is 8.89. The van der Waals surface area contributed by atoms with Gasteiger partial charge in [-0.05, 0) is 43.5 Å². The van der Waals surface area contributed by atoms with E-state index in [1.54, 1.807) is 37.2 Å². The van der Waals surface area contributed by atoms with E-state index < -0.39 is 18.1 Å². The SMILES string of the molecule is COc1cc(/C=C(\CCCCl)C(=O)O)ccc1-n1cnc(C)n1.O=C(O)C(F)(F)F. The van der Waals surface area contributed by atoms with Crippen LogP contribution >= 0.6 is 11.6 Å². The summed E-state index contributed by atoms with van der Waals surface area (Å²) in [7, 11) is 1.56. The van der Waals surface area contributed by atoms with E-state index in [0.29, 0.717) is 35.9 Å². The molecule has 0 fully saturated rings. The van der Waals surface area contributed by atoms with Crippen molar-refractivity contribution >= 4 is 29.6 Å². The monoisotopic (exact) mass is 449 g/mol. The second-order valence-electron chi connectivity index (χ2n) is 5.74. The topological polar surface area (TPSA) is 115 Å². The molecule has 12 heteroatoms. The number of aromatic nitrogens is 3. The summed E-state index contributed by atoms with van der Waals surface area (Å²) in [5, 5.41) is 20.6. The summed E-state index contributed by atoms with van der Waals surface area (Å²) in [6.45, 7) is 1.80. The van der Waals surface area contributed by atoms with Crippen LogP contribution in [-0.4, -0.2) is 56.1 Å². The van der Waals surface area contributed by atoms with Crippen molar-refractivity contribution < 1.29 is 37.7 Å². The Hall–Kier alpha value is -3.08. The fourth-order valence-corrected chi connectivity index (χ4v) is 2.27. The lowest BCUT2D eigenvalue weighted by molar-refractivity contribution is -0.192. The largest absolute Gasteiger partial charge is 0.494 e. The zero-order valence-corrected chi connectivity index (χ0v) is 16.7. The first kappa shape index (κ1) is 25.0. The lowest BCUT2D eigenvalue weighted by Crippen LogP contribution is -2.21. The molecule has 0 saturated carbocycles. The van der Waals surface area contributed by atoms with Gasteiger partial charge in [-0.25, -0.2) is 19.3 Å². The number of halogens is 4. The fraction of sp³-hybridized carbons (Fsp3) is 0.333. The van der Waals surface area contributed by atoms with Crippen molar-refractivity contribution in [3.63, 3.8) is 0 Å². The number of aliphatic carboxylic acids is 2. The average Bonchev–Trinajstić information content (AvgIpc) is 3.10. The van der Waals surface area contributed by atoms with E-state index in [1.807, 2.05) is 12.1 Å². The fourth-order valence-electron chi connectivity index (χ4n) is 2.13. The number of ether oxygens (including phenoxy) is 1. The minimum absolute atomic E-state index is 0.317. The Balaban J connectivity index is 0.000000553. The van der Waals surface area contributed by atoms with E-state index in [2.05, 4.69) is 10.1 Å². The van der Waals surface area contributed by atoms with E-state index in [-0.39, 0.29) is 0 Å². The normalized spacial score (nSPS) is 11.5. The Morgan fingerprint density at radius 2 is 1.93 bits per heavy atom. The predicted molar refractivity (Wildman–Crippen MR) is 102 cm³/mol. The standard InChI is InChI=1S/C16H18ClN3O3.C2HF3O2/c1-11-18-10-20(19-11)14-6-5-12(9-15(14)23-2)8-13(16(21)22)4-3-7-17;3-2(4,5)1(6)7/h5-6,8-10H,3-4,7H2,1-2H3,(H,21,22);(H,6,7)/b13-8+;. The summed E-state index contributed by atoms with van der Waals surface area (Å²) in [4.78, 5) is 24.3. The number of carboxylic acid groups (broad SMARTS) is 2. The third kappa shape index (κ3) is 7.74. The Bertz CT molecular complexity index is 913. The number of methoxy groups -OCH3 is 1. The lowest BCUT2D eigenvalue weighted by atomic mass is 10.1. The molecule has 0 unspecified atom stereocenters. The number of alkyl halides is 4. The molecule has 2 rings (SSSR count). The van der Waals surface area contributed by atoms with Crippen LogP contribution in [0.25, 0.3) is 11.8 Å². The Morgan fingerprint density at radius 3 is 2.37 bits per heavy atom. The summed E-state index contributed by atoms with van der Waals surface area (Å²) < 4.78 is 38.7. The first-order chi connectivity index (χ1) is 14.0. The molecule has 0 amide bonds. The molecular formula is C18H19ClF3N3O5. The molecule has 2 N–H and O–H groups in total. The van der Waals surface area contributed by atoms with Crippen LogP contribution in [0, 0.1) is 6.92 Å². The van der Waals surface area contributed by atoms with Gasteiger partial charge in [0.2, 0.25) is 0 Å². The van der Waals surface area contributed by atoms with E-state index >= 15 is 0 Å². The highest BCUT2D eigenvalue weighted by atomic mass is 35.5. The van der Waals surface area contributed by atoms with Gasteiger partial charge in [-0.2, -0.15) is 18.3 Å². The van der Waals surface area contributed by atoms with Gasteiger partial charge in [0.1, 0.15) is 23.6 Å². The molecule has 164 valence electrons. The van der Waals surface area contributed by atoms with Gasteiger partial charge < -0.3 is 14.9 Å². The summed E-state index contributed by atoms with van der Waals surface area (Å²) in [5.41, 5.74) is 1.80. The smallest absolute Gasteiger partial charge is 0.490 e. The summed E-state index contributed by atoms with van der Waals surface area (Å²) in [6, 6.07) is 5.41. The molecule has 0 radical (unpaired) electrons. The third-order valence-electron chi connectivity index (χ3n) is 3.49. The maximum atomic E-state index is 11.3. The number of carboxylic acids is 2. The Morgan fingerprint density at radius 1 is 1.30 bits per heavy atom. The molecule has 0 aliphatic rings. The lowest BCUT2D eigenvalue weighted by Gasteiger charge is -2.09. The van der Waals surface area contributed by atoms with Crippen LogP contribution in [0.1, 0.15) is 24.2 Å².